The lowest BCUT2D eigenvalue weighted by Gasteiger charge is -2.29. The zero-order valence-electron chi connectivity index (χ0n) is 4.36. The van der Waals surface area contributed by atoms with Gasteiger partial charge in [0.2, 0.25) is 0 Å². The highest BCUT2D eigenvalue weighted by Gasteiger charge is 2.25. The van der Waals surface area contributed by atoms with E-state index in [1.807, 2.05) is 0 Å². The molecule has 1 nitrogen and oxygen atoms in total. The molecule has 0 bridgehead atoms. The SMILES string of the molecule is CO[C@H]1C[C@@H](I)C1. The topological polar surface area (TPSA) is 9.23 Å². The summed E-state index contributed by atoms with van der Waals surface area (Å²) in [5.74, 6) is 0. The van der Waals surface area contributed by atoms with Gasteiger partial charge in [-0.3, -0.25) is 0 Å². The van der Waals surface area contributed by atoms with Gasteiger partial charge in [0.15, 0.2) is 0 Å². The Labute approximate surface area is 57.6 Å². The van der Waals surface area contributed by atoms with E-state index in [2.05, 4.69) is 22.6 Å². The van der Waals surface area contributed by atoms with Gasteiger partial charge in [-0.1, -0.05) is 22.6 Å². The van der Waals surface area contributed by atoms with Crippen LogP contribution in [-0.4, -0.2) is 17.1 Å². The number of halogens is 1. The minimum Gasteiger partial charge on any atom is -0.381 e. The lowest BCUT2D eigenvalue weighted by molar-refractivity contribution is 0.0490. The monoisotopic (exact) mass is 212 g/mol. The predicted octanol–water partition coefficient (Wildman–Crippen LogP) is 1.60. The van der Waals surface area contributed by atoms with Crippen molar-refractivity contribution in [3.05, 3.63) is 0 Å². The number of methoxy groups -OCH3 is 1. The van der Waals surface area contributed by atoms with Gasteiger partial charge < -0.3 is 4.74 Å². The van der Waals surface area contributed by atoms with E-state index in [9.17, 15) is 0 Å². The number of alkyl halides is 1. The molecule has 1 fully saturated rings. The van der Waals surface area contributed by atoms with E-state index in [1.54, 1.807) is 7.11 Å². The van der Waals surface area contributed by atoms with Gasteiger partial charge in [-0.25, -0.2) is 0 Å². The summed E-state index contributed by atoms with van der Waals surface area (Å²) in [7, 11) is 1.78. The van der Waals surface area contributed by atoms with Crippen molar-refractivity contribution in [1.82, 2.24) is 0 Å². The maximum absolute atomic E-state index is 5.05. The molecule has 0 aromatic heterocycles. The van der Waals surface area contributed by atoms with Crippen LogP contribution in [0.25, 0.3) is 0 Å². The first-order valence-corrected chi connectivity index (χ1v) is 3.74. The second-order valence-electron chi connectivity index (χ2n) is 1.93. The molecule has 7 heavy (non-hydrogen) atoms. The number of hydrogen-bond donors (Lipinski definition) is 0. The zero-order chi connectivity index (χ0) is 5.28. The van der Waals surface area contributed by atoms with Crippen LogP contribution >= 0.6 is 22.6 Å². The van der Waals surface area contributed by atoms with Gasteiger partial charge in [0.25, 0.3) is 0 Å². The van der Waals surface area contributed by atoms with Gasteiger partial charge >= 0.3 is 0 Å². The van der Waals surface area contributed by atoms with Crippen molar-refractivity contribution in [1.29, 1.82) is 0 Å². The first kappa shape index (κ1) is 5.82. The molecule has 0 atom stereocenters. The van der Waals surface area contributed by atoms with Gasteiger partial charge in [-0.2, -0.15) is 0 Å². The molecule has 0 aromatic rings. The van der Waals surface area contributed by atoms with Crippen molar-refractivity contribution in [2.24, 2.45) is 0 Å². The smallest absolute Gasteiger partial charge is 0.0591 e. The molecule has 0 radical (unpaired) electrons. The highest BCUT2D eigenvalue weighted by Crippen LogP contribution is 2.29. The highest BCUT2D eigenvalue weighted by atomic mass is 127. The van der Waals surface area contributed by atoms with Crippen LogP contribution in [0, 0.1) is 0 Å². The van der Waals surface area contributed by atoms with Crippen molar-refractivity contribution in [2.75, 3.05) is 7.11 Å². The Morgan fingerprint density at radius 1 is 1.57 bits per heavy atom. The van der Waals surface area contributed by atoms with Crippen LogP contribution < -0.4 is 0 Å². The van der Waals surface area contributed by atoms with Crippen molar-refractivity contribution >= 4 is 22.6 Å². The molecule has 1 rings (SSSR count). The van der Waals surface area contributed by atoms with E-state index in [-0.39, 0.29) is 0 Å². The molecule has 0 aromatic carbocycles. The third-order valence-electron chi connectivity index (χ3n) is 1.37. The van der Waals surface area contributed by atoms with E-state index in [0.29, 0.717) is 6.10 Å². The fourth-order valence-corrected chi connectivity index (χ4v) is 1.83. The van der Waals surface area contributed by atoms with E-state index < -0.39 is 0 Å². The van der Waals surface area contributed by atoms with E-state index in [4.69, 9.17) is 4.74 Å². The molecule has 0 amide bonds. The van der Waals surface area contributed by atoms with Crippen LogP contribution in [0.3, 0.4) is 0 Å². The minimum atomic E-state index is 0.585. The lowest BCUT2D eigenvalue weighted by Crippen LogP contribution is -2.30. The molecule has 0 saturated heterocycles. The Balaban J connectivity index is 2.06. The molecule has 0 N–H and O–H groups in total. The van der Waals surface area contributed by atoms with Crippen LogP contribution in [0.5, 0.6) is 0 Å². The largest absolute Gasteiger partial charge is 0.381 e. The zero-order valence-corrected chi connectivity index (χ0v) is 6.51. The highest BCUT2D eigenvalue weighted by molar-refractivity contribution is 14.1. The van der Waals surface area contributed by atoms with Crippen molar-refractivity contribution in [3.63, 3.8) is 0 Å². The first-order valence-electron chi connectivity index (χ1n) is 2.50. The Bertz CT molecular complexity index is 59.1. The van der Waals surface area contributed by atoms with Crippen molar-refractivity contribution < 1.29 is 4.74 Å². The summed E-state index contributed by atoms with van der Waals surface area (Å²) in [6, 6.07) is 0. The average Bonchev–Trinajstić information content (AvgIpc) is 1.58. The molecule has 1 aliphatic carbocycles. The number of hydrogen-bond acceptors (Lipinski definition) is 1. The summed E-state index contributed by atoms with van der Waals surface area (Å²) in [6.45, 7) is 0. The quantitative estimate of drug-likeness (QED) is 0.473. The summed E-state index contributed by atoms with van der Waals surface area (Å²) < 4.78 is 5.94. The minimum absolute atomic E-state index is 0.585. The molecule has 0 aliphatic heterocycles. The summed E-state index contributed by atoms with van der Waals surface area (Å²) in [4.78, 5) is 0. The van der Waals surface area contributed by atoms with Crippen LogP contribution in [0.15, 0.2) is 0 Å². The van der Waals surface area contributed by atoms with Gasteiger partial charge in [-0.05, 0) is 12.8 Å². The second kappa shape index (κ2) is 2.31. The van der Waals surface area contributed by atoms with Gasteiger partial charge in [-0.15, -0.1) is 0 Å². The van der Waals surface area contributed by atoms with Crippen LogP contribution in [-0.2, 0) is 4.74 Å². The third kappa shape index (κ3) is 1.29. The third-order valence-corrected chi connectivity index (χ3v) is 2.39. The molecule has 0 spiro atoms. The van der Waals surface area contributed by atoms with Gasteiger partial charge in [0, 0.05) is 11.0 Å². The van der Waals surface area contributed by atoms with Crippen LogP contribution in [0.2, 0.25) is 0 Å². The molecule has 1 saturated carbocycles. The van der Waals surface area contributed by atoms with Gasteiger partial charge in [0.1, 0.15) is 0 Å². The molecule has 2 heteroatoms. The van der Waals surface area contributed by atoms with Gasteiger partial charge in [0.05, 0.1) is 6.10 Å². The Hall–Kier alpha value is 0.690. The Morgan fingerprint density at radius 2 is 2.14 bits per heavy atom. The summed E-state index contributed by atoms with van der Waals surface area (Å²) in [5, 5.41) is 0. The molecule has 1 aliphatic rings. The fraction of sp³-hybridized carbons (Fsp3) is 1.00. The number of ether oxygens (including phenoxy) is 1. The maximum atomic E-state index is 5.05. The van der Waals surface area contributed by atoms with E-state index in [0.717, 1.165) is 3.92 Å². The molecular weight excluding hydrogens is 203 g/mol. The van der Waals surface area contributed by atoms with Crippen LogP contribution in [0.1, 0.15) is 12.8 Å². The molecular formula is C5H9IO. The van der Waals surface area contributed by atoms with E-state index in [1.165, 1.54) is 12.8 Å². The predicted molar refractivity (Wildman–Crippen MR) is 37.8 cm³/mol. The van der Waals surface area contributed by atoms with Crippen molar-refractivity contribution in [2.45, 2.75) is 22.9 Å². The fourth-order valence-electron chi connectivity index (χ4n) is 0.694. The van der Waals surface area contributed by atoms with E-state index >= 15 is 0 Å². The Kier molecular flexibility index (Phi) is 1.92. The second-order valence-corrected chi connectivity index (χ2v) is 3.69. The normalized spacial score (nSPS) is 40.3. The van der Waals surface area contributed by atoms with Crippen LogP contribution in [0.4, 0.5) is 0 Å². The molecule has 42 valence electrons. The summed E-state index contributed by atoms with van der Waals surface area (Å²) >= 11 is 2.45. The standard InChI is InChI=1S/C5H9IO/c1-7-5-2-4(6)3-5/h4-5H,2-3H2,1H3/t4-,5+. The first-order chi connectivity index (χ1) is 3.33. The Morgan fingerprint density at radius 3 is 2.29 bits per heavy atom. The summed E-state index contributed by atoms with van der Waals surface area (Å²) in [6.07, 6.45) is 3.11. The lowest BCUT2D eigenvalue weighted by atomic mass is 9.96. The molecule has 0 heterocycles. The molecule has 0 unspecified atom stereocenters. The maximum Gasteiger partial charge on any atom is 0.0591 e. The van der Waals surface area contributed by atoms with Crippen molar-refractivity contribution in [3.8, 4) is 0 Å². The summed E-state index contributed by atoms with van der Waals surface area (Å²) in [5.41, 5.74) is 0. The average molecular weight is 212 g/mol. The number of rotatable bonds is 1.